The number of anilines is 1. The lowest BCUT2D eigenvalue weighted by Gasteiger charge is -2.29. The molecule has 0 saturated heterocycles. The van der Waals surface area contributed by atoms with Crippen molar-refractivity contribution in [3.63, 3.8) is 0 Å². The molecule has 1 aliphatic heterocycles. The highest BCUT2D eigenvalue weighted by molar-refractivity contribution is 6.30. The van der Waals surface area contributed by atoms with Crippen LogP contribution in [-0.2, 0) is 7.05 Å². The number of halogens is 1. The molecule has 0 N–H and O–H groups in total. The number of carbonyl (C=O) groups excluding carboxylic acids is 1. The van der Waals surface area contributed by atoms with Crippen molar-refractivity contribution in [1.82, 2.24) is 14.1 Å². The maximum atomic E-state index is 13.9. The maximum absolute atomic E-state index is 13.9. The van der Waals surface area contributed by atoms with Crippen LogP contribution in [0, 0.1) is 6.92 Å². The van der Waals surface area contributed by atoms with Crippen LogP contribution in [0.25, 0.3) is 0 Å². The standard InChI is InChI=1S/C26H29ClN4O2/c1-15(2)30-23-21(28-24(30)18-7-5-6-8-18)26(33)31(20-13-16(3)25(32)29(4)14-20)22(23)17-9-11-19(27)12-10-17/h9-15,18,22H,5-8H2,1-4H3. The van der Waals surface area contributed by atoms with Gasteiger partial charge < -0.3 is 9.13 Å². The van der Waals surface area contributed by atoms with Crippen molar-refractivity contribution in [1.29, 1.82) is 0 Å². The average Bonchev–Trinajstić information content (AvgIpc) is 3.48. The number of hydrogen-bond acceptors (Lipinski definition) is 3. The number of nitrogens with zero attached hydrogens (tertiary/aromatic N) is 4. The Hall–Kier alpha value is -2.86. The van der Waals surface area contributed by atoms with Crippen LogP contribution in [0.2, 0.25) is 5.02 Å². The fourth-order valence-corrected chi connectivity index (χ4v) is 5.58. The summed E-state index contributed by atoms with van der Waals surface area (Å²) in [5.41, 5.74) is 3.65. The van der Waals surface area contributed by atoms with Gasteiger partial charge in [0.2, 0.25) is 0 Å². The van der Waals surface area contributed by atoms with E-state index in [1.54, 1.807) is 31.1 Å². The minimum absolute atomic E-state index is 0.0701. The van der Waals surface area contributed by atoms with E-state index in [1.807, 2.05) is 24.3 Å². The van der Waals surface area contributed by atoms with Crippen molar-refractivity contribution in [2.75, 3.05) is 4.90 Å². The minimum atomic E-state index is -0.341. The molecule has 1 fully saturated rings. The lowest BCUT2D eigenvalue weighted by Crippen LogP contribution is -2.32. The molecule has 0 radical (unpaired) electrons. The van der Waals surface area contributed by atoms with Crippen LogP contribution in [0.3, 0.4) is 0 Å². The van der Waals surface area contributed by atoms with Crippen molar-refractivity contribution in [2.24, 2.45) is 7.05 Å². The van der Waals surface area contributed by atoms with Gasteiger partial charge in [-0.3, -0.25) is 14.5 Å². The topological polar surface area (TPSA) is 60.1 Å². The first-order valence-electron chi connectivity index (χ1n) is 11.7. The molecular weight excluding hydrogens is 436 g/mol. The molecule has 2 aliphatic rings. The highest BCUT2D eigenvalue weighted by Crippen LogP contribution is 2.45. The SMILES string of the molecule is Cc1cc(N2C(=O)c3nc(C4CCCC4)n(C(C)C)c3C2c2ccc(Cl)cc2)cn(C)c1=O. The summed E-state index contributed by atoms with van der Waals surface area (Å²) >= 11 is 6.20. The molecule has 6 nitrogen and oxygen atoms in total. The Labute approximate surface area is 198 Å². The monoisotopic (exact) mass is 464 g/mol. The normalized spacial score (nSPS) is 18.5. The highest BCUT2D eigenvalue weighted by atomic mass is 35.5. The van der Waals surface area contributed by atoms with E-state index in [-0.39, 0.29) is 23.6 Å². The van der Waals surface area contributed by atoms with E-state index in [0.717, 1.165) is 29.9 Å². The van der Waals surface area contributed by atoms with Crippen LogP contribution in [0.1, 0.15) is 90.7 Å². The van der Waals surface area contributed by atoms with Crippen molar-refractivity contribution in [2.45, 2.75) is 64.5 Å². The van der Waals surface area contributed by atoms with Gasteiger partial charge in [0.15, 0.2) is 5.69 Å². The number of imidazole rings is 1. The van der Waals surface area contributed by atoms with Crippen molar-refractivity contribution in [3.05, 3.63) is 80.2 Å². The van der Waals surface area contributed by atoms with Gasteiger partial charge >= 0.3 is 0 Å². The summed E-state index contributed by atoms with van der Waals surface area (Å²) in [5.74, 6) is 1.31. The second-order valence-corrected chi connectivity index (χ2v) is 10.0. The van der Waals surface area contributed by atoms with Gasteiger partial charge in [-0.25, -0.2) is 4.98 Å². The van der Waals surface area contributed by atoms with Gasteiger partial charge in [0.1, 0.15) is 11.9 Å². The third kappa shape index (κ3) is 3.52. The molecule has 2 aromatic heterocycles. The molecule has 1 unspecified atom stereocenters. The van der Waals surface area contributed by atoms with Gasteiger partial charge in [-0.15, -0.1) is 0 Å². The summed E-state index contributed by atoms with van der Waals surface area (Å²) in [4.78, 5) is 33.0. The fourth-order valence-electron chi connectivity index (χ4n) is 5.46. The van der Waals surface area contributed by atoms with Crippen LogP contribution in [0.15, 0.2) is 41.3 Å². The van der Waals surface area contributed by atoms with Crippen LogP contribution < -0.4 is 10.5 Å². The van der Waals surface area contributed by atoms with Crippen LogP contribution in [0.5, 0.6) is 0 Å². The minimum Gasteiger partial charge on any atom is -0.326 e. The Balaban J connectivity index is 1.75. The Bertz CT molecular complexity index is 1260. The zero-order chi connectivity index (χ0) is 23.4. The lowest BCUT2D eigenvalue weighted by molar-refractivity contribution is 0.0989. The van der Waals surface area contributed by atoms with E-state index in [1.165, 1.54) is 17.4 Å². The van der Waals surface area contributed by atoms with Crippen molar-refractivity contribution >= 4 is 23.2 Å². The quantitative estimate of drug-likeness (QED) is 0.509. The summed E-state index contributed by atoms with van der Waals surface area (Å²) in [6.45, 7) is 6.09. The lowest BCUT2D eigenvalue weighted by atomic mass is 10.0. The molecule has 33 heavy (non-hydrogen) atoms. The van der Waals surface area contributed by atoms with Gasteiger partial charge in [-0.05, 0) is 57.4 Å². The number of benzene rings is 1. The second-order valence-electron chi connectivity index (χ2n) is 9.58. The average molecular weight is 465 g/mol. The number of aromatic nitrogens is 3. The Kier molecular flexibility index (Phi) is 5.44. The first kappa shape index (κ1) is 22.0. The summed E-state index contributed by atoms with van der Waals surface area (Å²) < 4.78 is 3.82. The molecule has 0 spiro atoms. The predicted octanol–water partition coefficient (Wildman–Crippen LogP) is 5.53. The predicted molar refractivity (Wildman–Crippen MR) is 130 cm³/mol. The van der Waals surface area contributed by atoms with Gasteiger partial charge in [-0.2, -0.15) is 0 Å². The Morgan fingerprint density at radius 1 is 1.09 bits per heavy atom. The van der Waals surface area contributed by atoms with Crippen molar-refractivity contribution < 1.29 is 4.79 Å². The molecule has 1 aromatic carbocycles. The number of hydrogen-bond donors (Lipinski definition) is 0. The Morgan fingerprint density at radius 3 is 2.36 bits per heavy atom. The molecule has 1 saturated carbocycles. The number of amides is 1. The van der Waals surface area contributed by atoms with Gasteiger partial charge in [0.05, 0.1) is 11.4 Å². The number of aryl methyl sites for hydroxylation is 2. The Morgan fingerprint density at radius 2 is 1.76 bits per heavy atom. The van der Waals surface area contributed by atoms with Gasteiger partial charge in [-0.1, -0.05) is 36.6 Å². The van der Waals surface area contributed by atoms with E-state index in [4.69, 9.17) is 16.6 Å². The third-order valence-corrected chi connectivity index (χ3v) is 7.21. The third-order valence-electron chi connectivity index (χ3n) is 6.96. The van der Waals surface area contributed by atoms with E-state index in [2.05, 4.69) is 18.4 Å². The molecule has 1 atom stereocenters. The number of pyridine rings is 1. The molecule has 7 heteroatoms. The second kappa shape index (κ2) is 8.17. The molecule has 3 heterocycles. The number of rotatable bonds is 4. The summed E-state index contributed by atoms with van der Waals surface area (Å²) in [6, 6.07) is 9.29. The maximum Gasteiger partial charge on any atom is 0.279 e. The molecule has 0 bridgehead atoms. The zero-order valence-corrected chi connectivity index (χ0v) is 20.3. The largest absolute Gasteiger partial charge is 0.326 e. The van der Waals surface area contributed by atoms with E-state index in [0.29, 0.717) is 27.9 Å². The molecule has 1 amide bonds. The van der Waals surface area contributed by atoms with Crippen LogP contribution in [-0.4, -0.2) is 20.0 Å². The van der Waals surface area contributed by atoms with E-state index < -0.39 is 0 Å². The highest BCUT2D eigenvalue weighted by Gasteiger charge is 2.45. The first-order chi connectivity index (χ1) is 15.8. The number of carbonyl (C=O) groups is 1. The van der Waals surface area contributed by atoms with Crippen LogP contribution >= 0.6 is 11.6 Å². The number of fused-ring (bicyclic) bond motifs is 1. The van der Waals surface area contributed by atoms with Crippen LogP contribution in [0.4, 0.5) is 5.69 Å². The van der Waals surface area contributed by atoms with Crippen molar-refractivity contribution in [3.8, 4) is 0 Å². The molecule has 1 aliphatic carbocycles. The molecular formula is C26H29ClN4O2. The summed E-state index contributed by atoms with van der Waals surface area (Å²) in [5, 5.41) is 0.650. The fraction of sp³-hybridized carbons (Fsp3) is 0.423. The first-order valence-corrected chi connectivity index (χ1v) is 12.0. The van der Waals surface area contributed by atoms with Gasteiger partial charge in [0, 0.05) is 35.8 Å². The van der Waals surface area contributed by atoms with E-state index >= 15 is 0 Å². The molecule has 5 rings (SSSR count). The van der Waals surface area contributed by atoms with Gasteiger partial charge in [0.25, 0.3) is 11.5 Å². The summed E-state index contributed by atoms with van der Waals surface area (Å²) in [7, 11) is 1.72. The van der Waals surface area contributed by atoms with E-state index in [9.17, 15) is 9.59 Å². The summed E-state index contributed by atoms with van der Waals surface area (Å²) in [6.07, 6.45) is 6.38. The molecule has 172 valence electrons. The smallest absolute Gasteiger partial charge is 0.279 e. The molecule has 3 aromatic rings. The zero-order valence-electron chi connectivity index (χ0n) is 19.5.